The number of carboxylic acids is 1. The fourth-order valence-electron chi connectivity index (χ4n) is 2.00. The van der Waals surface area contributed by atoms with E-state index in [0.29, 0.717) is 33.0 Å². The molecule has 0 atom stereocenters. The molecule has 1 aromatic rings. The van der Waals surface area contributed by atoms with Gasteiger partial charge in [0.05, 0.1) is 17.0 Å². The van der Waals surface area contributed by atoms with E-state index in [1.807, 2.05) is 0 Å². The van der Waals surface area contributed by atoms with E-state index < -0.39 is 5.97 Å². The smallest absolute Gasteiger partial charge is 0.303 e. The van der Waals surface area contributed by atoms with Gasteiger partial charge in [0.25, 0.3) is 5.91 Å². The second-order valence-electron chi connectivity index (χ2n) is 4.72. The van der Waals surface area contributed by atoms with Crippen molar-refractivity contribution in [3.8, 4) is 5.75 Å². The standard InChI is InChI=1S/C15H14ClNO4S2/c1-21-11-5-4-9(7-10(11)16)8-12-14(20)17(15(22)23-12)6-2-3-13(18)19/h4-5,7-8H,2-3,6H2,1H3,(H,18,19)/b12-8-. The predicted octanol–water partition coefficient (Wildman–Crippen LogP) is 3.41. The maximum absolute atomic E-state index is 12.3. The molecule has 0 bridgehead atoms. The van der Waals surface area contributed by atoms with Crippen LogP contribution in [0.4, 0.5) is 0 Å². The Kier molecular flexibility index (Phi) is 6.04. The average Bonchev–Trinajstić information content (AvgIpc) is 2.74. The molecule has 1 fully saturated rings. The first-order chi connectivity index (χ1) is 10.9. The molecule has 1 saturated heterocycles. The molecule has 1 aliphatic heterocycles. The number of carbonyl (C=O) groups is 2. The molecule has 0 radical (unpaired) electrons. The summed E-state index contributed by atoms with van der Waals surface area (Å²) in [7, 11) is 1.53. The molecule has 1 N–H and O–H groups in total. The number of amides is 1. The average molecular weight is 372 g/mol. The molecule has 0 spiro atoms. The van der Waals surface area contributed by atoms with Gasteiger partial charge in [-0.25, -0.2) is 0 Å². The molecule has 8 heteroatoms. The second kappa shape index (κ2) is 7.81. The molecule has 2 rings (SSSR count). The van der Waals surface area contributed by atoms with Crippen molar-refractivity contribution in [2.45, 2.75) is 12.8 Å². The zero-order chi connectivity index (χ0) is 17.0. The lowest BCUT2D eigenvalue weighted by molar-refractivity contribution is -0.137. The molecular weight excluding hydrogens is 358 g/mol. The molecule has 0 aromatic heterocycles. The van der Waals surface area contributed by atoms with Crippen molar-refractivity contribution >= 4 is 57.9 Å². The molecule has 0 saturated carbocycles. The fraction of sp³-hybridized carbons (Fsp3) is 0.267. The number of rotatable bonds is 6. The number of carbonyl (C=O) groups excluding carboxylic acids is 1. The quantitative estimate of drug-likeness (QED) is 0.610. The third kappa shape index (κ3) is 4.46. The van der Waals surface area contributed by atoms with Gasteiger partial charge in [-0.15, -0.1) is 0 Å². The number of methoxy groups -OCH3 is 1. The van der Waals surface area contributed by atoms with Crippen LogP contribution in [0.5, 0.6) is 5.75 Å². The number of thiocarbonyl (C=S) groups is 1. The Bertz CT molecular complexity index is 690. The summed E-state index contributed by atoms with van der Waals surface area (Å²) in [5.74, 6) is -0.541. The van der Waals surface area contributed by atoms with Gasteiger partial charge in [-0.2, -0.15) is 0 Å². The van der Waals surface area contributed by atoms with Gasteiger partial charge in [-0.05, 0) is 30.2 Å². The van der Waals surface area contributed by atoms with Gasteiger partial charge in [0.1, 0.15) is 10.1 Å². The molecule has 122 valence electrons. The van der Waals surface area contributed by atoms with E-state index in [0.717, 1.165) is 5.56 Å². The highest BCUT2D eigenvalue weighted by Crippen LogP contribution is 2.34. The Hall–Kier alpha value is -1.57. The highest BCUT2D eigenvalue weighted by atomic mass is 35.5. The summed E-state index contributed by atoms with van der Waals surface area (Å²) in [6, 6.07) is 5.22. The lowest BCUT2D eigenvalue weighted by Crippen LogP contribution is -2.29. The Morgan fingerprint density at radius 2 is 2.26 bits per heavy atom. The molecule has 0 unspecified atom stereocenters. The number of nitrogens with zero attached hydrogens (tertiary/aromatic N) is 1. The first-order valence-electron chi connectivity index (χ1n) is 6.73. The van der Waals surface area contributed by atoms with Gasteiger partial charge in [-0.1, -0.05) is 41.6 Å². The summed E-state index contributed by atoms with van der Waals surface area (Å²) in [5.41, 5.74) is 0.766. The number of halogens is 1. The monoisotopic (exact) mass is 371 g/mol. The number of thioether (sulfide) groups is 1. The van der Waals surface area contributed by atoms with Crippen LogP contribution < -0.4 is 4.74 Å². The molecular formula is C15H14ClNO4S2. The zero-order valence-electron chi connectivity index (χ0n) is 12.2. The molecule has 1 amide bonds. The van der Waals surface area contributed by atoms with E-state index in [-0.39, 0.29) is 12.3 Å². The van der Waals surface area contributed by atoms with Gasteiger partial charge in [0.15, 0.2) is 0 Å². The number of aliphatic carboxylic acids is 1. The lowest BCUT2D eigenvalue weighted by atomic mass is 10.2. The minimum absolute atomic E-state index is 0.00416. The minimum Gasteiger partial charge on any atom is -0.495 e. The Morgan fingerprint density at radius 1 is 1.52 bits per heavy atom. The van der Waals surface area contributed by atoms with Crippen molar-refractivity contribution in [3.63, 3.8) is 0 Å². The maximum Gasteiger partial charge on any atom is 0.303 e. The third-order valence-corrected chi connectivity index (χ3v) is 4.79. The van der Waals surface area contributed by atoms with Crippen molar-refractivity contribution < 1.29 is 19.4 Å². The van der Waals surface area contributed by atoms with Gasteiger partial charge >= 0.3 is 5.97 Å². The van der Waals surface area contributed by atoms with Crippen molar-refractivity contribution in [2.75, 3.05) is 13.7 Å². The van der Waals surface area contributed by atoms with Crippen LogP contribution in [0.1, 0.15) is 18.4 Å². The molecule has 1 aliphatic rings. The van der Waals surface area contributed by atoms with Crippen molar-refractivity contribution in [2.24, 2.45) is 0 Å². The molecule has 1 heterocycles. The summed E-state index contributed by atoms with van der Waals surface area (Å²) >= 11 is 12.5. The summed E-state index contributed by atoms with van der Waals surface area (Å²) in [4.78, 5) is 24.8. The maximum atomic E-state index is 12.3. The van der Waals surface area contributed by atoms with Crippen LogP contribution in [0, 0.1) is 0 Å². The van der Waals surface area contributed by atoms with Gasteiger partial charge in [0, 0.05) is 13.0 Å². The van der Waals surface area contributed by atoms with Crippen molar-refractivity contribution in [3.05, 3.63) is 33.7 Å². The van der Waals surface area contributed by atoms with E-state index in [1.54, 1.807) is 24.3 Å². The predicted molar refractivity (Wildman–Crippen MR) is 94.8 cm³/mol. The first kappa shape index (κ1) is 17.8. The summed E-state index contributed by atoms with van der Waals surface area (Å²) in [5, 5.41) is 9.12. The number of ether oxygens (including phenoxy) is 1. The summed E-state index contributed by atoms with van der Waals surface area (Å²) in [6.45, 7) is 0.303. The Morgan fingerprint density at radius 3 is 2.87 bits per heavy atom. The van der Waals surface area contributed by atoms with E-state index in [2.05, 4.69) is 0 Å². The van der Waals surface area contributed by atoms with Crippen LogP contribution in [-0.4, -0.2) is 39.9 Å². The van der Waals surface area contributed by atoms with E-state index >= 15 is 0 Å². The number of hydrogen-bond acceptors (Lipinski definition) is 5. The Labute approximate surface area is 148 Å². The highest BCUT2D eigenvalue weighted by molar-refractivity contribution is 8.26. The summed E-state index contributed by atoms with van der Waals surface area (Å²) < 4.78 is 5.52. The number of benzene rings is 1. The largest absolute Gasteiger partial charge is 0.495 e. The highest BCUT2D eigenvalue weighted by Gasteiger charge is 2.31. The lowest BCUT2D eigenvalue weighted by Gasteiger charge is -2.13. The van der Waals surface area contributed by atoms with Crippen LogP contribution in [0.2, 0.25) is 5.02 Å². The van der Waals surface area contributed by atoms with Crippen LogP contribution >= 0.6 is 35.6 Å². The van der Waals surface area contributed by atoms with Crippen LogP contribution in [0.25, 0.3) is 6.08 Å². The number of hydrogen-bond donors (Lipinski definition) is 1. The van der Waals surface area contributed by atoms with Crippen LogP contribution in [0.3, 0.4) is 0 Å². The van der Waals surface area contributed by atoms with Crippen molar-refractivity contribution in [1.29, 1.82) is 0 Å². The molecule has 1 aromatic carbocycles. The molecule has 0 aliphatic carbocycles. The molecule has 5 nitrogen and oxygen atoms in total. The Balaban J connectivity index is 2.11. The topological polar surface area (TPSA) is 66.8 Å². The van der Waals surface area contributed by atoms with E-state index in [1.165, 1.54) is 23.8 Å². The fourth-order valence-corrected chi connectivity index (χ4v) is 3.58. The first-order valence-corrected chi connectivity index (χ1v) is 8.33. The normalized spacial score (nSPS) is 16.3. The second-order valence-corrected chi connectivity index (χ2v) is 6.81. The van der Waals surface area contributed by atoms with E-state index in [4.69, 9.17) is 33.7 Å². The zero-order valence-corrected chi connectivity index (χ0v) is 14.6. The van der Waals surface area contributed by atoms with Gasteiger partial charge in [0.2, 0.25) is 0 Å². The van der Waals surface area contributed by atoms with E-state index in [9.17, 15) is 9.59 Å². The third-order valence-electron chi connectivity index (χ3n) is 3.12. The molecule has 23 heavy (non-hydrogen) atoms. The van der Waals surface area contributed by atoms with Crippen LogP contribution in [0.15, 0.2) is 23.1 Å². The minimum atomic E-state index is -0.890. The van der Waals surface area contributed by atoms with Crippen molar-refractivity contribution in [1.82, 2.24) is 4.90 Å². The number of carboxylic acid groups (broad SMARTS) is 1. The van der Waals surface area contributed by atoms with Gasteiger partial charge in [-0.3, -0.25) is 14.5 Å². The van der Waals surface area contributed by atoms with Crippen LogP contribution in [-0.2, 0) is 9.59 Å². The summed E-state index contributed by atoms with van der Waals surface area (Å²) in [6.07, 6.45) is 2.08. The SMILES string of the molecule is COc1ccc(/C=C2\SC(=S)N(CCCC(=O)O)C2=O)cc1Cl. The van der Waals surface area contributed by atoms with Gasteiger partial charge < -0.3 is 9.84 Å².